The van der Waals surface area contributed by atoms with Crippen molar-refractivity contribution in [3.05, 3.63) is 29.8 Å². The van der Waals surface area contributed by atoms with Crippen LogP contribution in [0.3, 0.4) is 0 Å². The van der Waals surface area contributed by atoms with Gasteiger partial charge in [-0.2, -0.15) is 0 Å². The van der Waals surface area contributed by atoms with Gasteiger partial charge in [0.2, 0.25) is 5.91 Å². The summed E-state index contributed by atoms with van der Waals surface area (Å²) in [7, 11) is -0.805. The zero-order chi connectivity index (χ0) is 15.7. The number of hydrogen-bond donors (Lipinski definition) is 2. The first-order valence-electron chi connectivity index (χ1n) is 7.45. The first-order chi connectivity index (χ1) is 10.0. The molecule has 0 aliphatic carbocycles. The minimum atomic E-state index is -0.805. The van der Waals surface area contributed by atoms with Crippen molar-refractivity contribution in [2.24, 2.45) is 11.7 Å². The van der Waals surface area contributed by atoms with E-state index in [9.17, 15) is 9.00 Å². The number of rotatable bonds is 9. The SMILES string of the molecule is CC(C)CCS(=O)CCCC(=O)Nc1cccc(CN)c1. The molecule has 1 aromatic carbocycles. The summed E-state index contributed by atoms with van der Waals surface area (Å²) < 4.78 is 11.7. The summed E-state index contributed by atoms with van der Waals surface area (Å²) in [4.78, 5) is 11.8. The molecule has 1 aromatic rings. The van der Waals surface area contributed by atoms with Gasteiger partial charge in [0.15, 0.2) is 0 Å². The number of anilines is 1. The summed E-state index contributed by atoms with van der Waals surface area (Å²) in [6, 6.07) is 7.52. The van der Waals surface area contributed by atoms with Gasteiger partial charge in [0.05, 0.1) is 0 Å². The monoisotopic (exact) mass is 310 g/mol. The molecule has 21 heavy (non-hydrogen) atoms. The van der Waals surface area contributed by atoms with E-state index in [0.29, 0.717) is 31.1 Å². The Hall–Kier alpha value is -1.20. The van der Waals surface area contributed by atoms with Crippen molar-refractivity contribution >= 4 is 22.4 Å². The second-order valence-electron chi connectivity index (χ2n) is 5.59. The second-order valence-corrected chi connectivity index (χ2v) is 7.28. The minimum absolute atomic E-state index is 0.0370. The lowest BCUT2D eigenvalue weighted by atomic mass is 10.2. The molecule has 1 unspecified atom stereocenters. The third-order valence-corrected chi connectivity index (χ3v) is 4.58. The van der Waals surface area contributed by atoms with E-state index in [-0.39, 0.29) is 5.91 Å². The summed E-state index contributed by atoms with van der Waals surface area (Å²) in [5.41, 5.74) is 7.32. The standard InChI is InChI=1S/C16H26N2O2S/c1-13(2)8-10-21(20)9-4-7-16(19)18-15-6-3-5-14(11-15)12-17/h3,5-6,11,13H,4,7-10,12,17H2,1-2H3,(H,18,19). The van der Waals surface area contributed by atoms with Gasteiger partial charge in [-0.05, 0) is 36.5 Å². The number of nitrogens with one attached hydrogen (secondary N) is 1. The molecule has 0 aliphatic heterocycles. The quantitative estimate of drug-likeness (QED) is 0.736. The molecule has 1 amide bonds. The molecule has 4 nitrogen and oxygen atoms in total. The largest absolute Gasteiger partial charge is 0.326 e. The Morgan fingerprint density at radius 3 is 2.76 bits per heavy atom. The summed E-state index contributed by atoms with van der Waals surface area (Å²) in [5, 5.41) is 2.85. The van der Waals surface area contributed by atoms with Crippen LogP contribution in [0, 0.1) is 5.92 Å². The minimum Gasteiger partial charge on any atom is -0.326 e. The highest BCUT2D eigenvalue weighted by molar-refractivity contribution is 7.84. The normalized spacial score (nSPS) is 12.4. The van der Waals surface area contributed by atoms with Gasteiger partial charge in [0, 0.05) is 41.0 Å². The third-order valence-electron chi connectivity index (χ3n) is 3.15. The van der Waals surface area contributed by atoms with Crippen molar-refractivity contribution < 1.29 is 9.00 Å². The second kappa shape index (κ2) is 9.68. The lowest BCUT2D eigenvalue weighted by Gasteiger charge is -2.07. The van der Waals surface area contributed by atoms with Crippen LogP contribution in [0.25, 0.3) is 0 Å². The molecule has 0 heterocycles. The molecule has 0 aliphatic rings. The van der Waals surface area contributed by atoms with Crippen LogP contribution in [-0.4, -0.2) is 21.6 Å². The van der Waals surface area contributed by atoms with Crippen LogP contribution in [-0.2, 0) is 22.1 Å². The zero-order valence-electron chi connectivity index (χ0n) is 12.9. The van der Waals surface area contributed by atoms with Crippen molar-refractivity contribution in [2.75, 3.05) is 16.8 Å². The van der Waals surface area contributed by atoms with E-state index in [4.69, 9.17) is 5.73 Å². The lowest BCUT2D eigenvalue weighted by molar-refractivity contribution is -0.116. The van der Waals surface area contributed by atoms with Crippen molar-refractivity contribution in [3.8, 4) is 0 Å². The van der Waals surface area contributed by atoms with Gasteiger partial charge in [-0.25, -0.2) is 0 Å². The predicted molar refractivity (Wildman–Crippen MR) is 89.5 cm³/mol. The first-order valence-corrected chi connectivity index (χ1v) is 8.94. The molecule has 0 fully saturated rings. The average Bonchev–Trinajstić information content (AvgIpc) is 2.45. The Kier molecular flexibility index (Phi) is 8.23. The molecule has 1 rings (SSSR count). The van der Waals surface area contributed by atoms with Crippen LogP contribution < -0.4 is 11.1 Å². The maximum absolute atomic E-state index is 11.8. The van der Waals surface area contributed by atoms with Crippen LogP contribution in [0.15, 0.2) is 24.3 Å². The van der Waals surface area contributed by atoms with Gasteiger partial charge < -0.3 is 11.1 Å². The molecule has 0 bridgehead atoms. The molecule has 5 heteroatoms. The highest BCUT2D eigenvalue weighted by Gasteiger charge is 2.06. The Bertz CT molecular complexity index is 475. The molecule has 0 saturated carbocycles. The topological polar surface area (TPSA) is 72.2 Å². The number of amides is 1. The Morgan fingerprint density at radius 1 is 1.33 bits per heavy atom. The molecule has 0 saturated heterocycles. The van der Waals surface area contributed by atoms with E-state index in [0.717, 1.165) is 23.4 Å². The predicted octanol–water partition coefficient (Wildman–Crippen LogP) is 2.66. The summed E-state index contributed by atoms with van der Waals surface area (Å²) in [6.45, 7) is 4.71. The van der Waals surface area contributed by atoms with Crippen LogP contribution >= 0.6 is 0 Å². The van der Waals surface area contributed by atoms with Gasteiger partial charge >= 0.3 is 0 Å². The fourth-order valence-electron chi connectivity index (χ4n) is 1.86. The highest BCUT2D eigenvalue weighted by atomic mass is 32.2. The Balaban J connectivity index is 2.26. The Labute approximate surface area is 130 Å². The summed E-state index contributed by atoms with van der Waals surface area (Å²) in [5.74, 6) is 1.87. The molecule has 0 aromatic heterocycles. The molecule has 1 atom stereocenters. The molecule has 3 N–H and O–H groups in total. The third kappa shape index (κ3) is 7.97. The number of benzene rings is 1. The van der Waals surface area contributed by atoms with Crippen molar-refractivity contribution in [2.45, 2.75) is 39.7 Å². The number of carbonyl (C=O) groups excluding carboxylic acids is 1. The molecular weight excluding hydrogens is 284 g/mol. The number of nitrogens with two attached hydrogens (primary N) is 1. The van der Waals surface area contributed by atoms with Gasteiger partial charge in [-0.3, -0.25) is 9.00 Å². The van der Waals surface area contributed by atoms with Gasteiger partial charge in [0.1, 0.15) is 0 Å². The van der Waals surface area contributed by atoms with E-state index < -0.39 is 10.8 Å². The van der Waals surface area contributed by atoms with E-state index in [2.05, 4.69) is 19.2 Å². The van der Waals surface area contributed by atoms with Crippen molar-refractivity contribution in [1.82, 2.24) is 0 Å². The molecule has 0 radical (unpaired) electrons. The van der Waals surface area contributed by atoms with Crippen LogP contribution in [0.1, 0.15) is 38.7 Å². The number of hydrogen-bond acceptors (Lipinski definition) is 3. The van der Waals surface area contributed by atoms with Crippen LogP contribution in [0.2, 0.25) is 0 Å². The van der Waals surface area contributed by atoms with E-state index >= 15 is 0 Å². The van der Waals surface area contributed by atoms with Gasteiger partial charge in [0.25, 0.3) is 0 Å². The van der Waals surface area contributed by atoms with Gasteiger partial charge in [-0.1, -0.05) is 26.0 Å². The van der Waals surface area contributed by atoms with Crippen LogP contribution in [0.4, 0.5) is 5.69 Å². The van der Waals surface area contributed by atoms with Crippen LogP contribution in [0.5, 0.6) is 0 Å². The van der Waals surface area contributed by atoms with E-state index in [1.54, 1.807) is 0 Å². The fourth-order valence-corrected chi connectivity index (χ4v) is 3.27. The maximum atomic E-state index is 11.8. The number of carbonyl (C=O) groups is 1. The van der Waals surface area contributed by atoms with Crippen molar-refractivity contribution in [3.63, 3.8) is 0 Å². The lowest BCUT2D eigenvalue weighted by Crippen LogP contribution is -2.13. The Morgan fingerprint density at radius 2 is 2.10 bits per heavy atom. The first kappa shape index (κ1) is 17.9. The molecule has 0 spiro atoms. The van der Waals surface area contributed by atoms with E-state index in [1.807, 2.05) is 24.3 Å². The molecular formula is C16H26N2O2S. The maximum Gasteiger partial charge on any atom is 0.224 e. The summed E-state index contributed by atoms with van der Waals surface area (Å²) >= 11 is 0. The molecule has 118 valence electrons. The van der Waals surface area contributed by atoms with E-state index in [1.165, 1.54) is 0 Å². The van der Waals surface area contributed by atoms with Crippen molar-refractivity contribution in [1.29, 1.82) is 0 Å². The summed E-state index contributed by atoms with van der Waals surface area (Å²) in [6.07, 6.45) is 2.04. The van der Waals surface area contributed by atoms with Gasteiger partial charge in [-0.15, -0.1) is 0 Å². The fraction of sp³-hybridized carbons (Fsp3) is 0.562. The smallest absolute Gasteiger partial charge is 0.224 e. The average molecular weight is 310 g/mol. The zero-order valence-corrected chi connectivity index (χ0v) is 13.7. The highest BCUT2D eigenvalue weighted by Crippen LogP contribution is 2.11.